The molecule has 1 atom stereocenters. The van der Waals surface area contributed by atoms with Crippen molar-refractivity contribution < 1.29 is 4.74 Å². The molecular weight excluding hydrogens is 226 g/mol. The van der Waals surface area contributed by atoms with E-state index in [0.717, 1.165) is 28.1 Å². The molecule has 0 aliphatic rings. The summed E-state index contributed by atoms with van der Waals surface area (Å²) in [5, 5.41) is 0. The Balaban J connectivity index is 2.51. The van der Waals surface area contributed by atoms with Gasteiger partial charge in [-0.15, -0.1) is 0 Å². The van der Waals surface area contributed by atoms with Gasteiger partial charge in [0.2, 0.25) is 0 Å². The van der Waals surface area contributed by atoms with E-state index >= 15 is 0 Å². The van der Waals surface area contributed by atoms with Crippen LogP contribution in [0.25, 0.3) is 0 Å². The molecule has 0 fully saturated rings. The van der Waals surface area contributed by atoms with Crippen LogP contribution in [0, 0.1) is 13.8 Å². The summed E-state index contributed by atoms with van der Waals surface area (Å²) in [6, 6.07) is 3.75. The molecule has 0 aliphatic heterocycles. The van der Waals surface area contributed by atoms with Crippen LogP contribution in [0.5, 0.6) is 5.75 Å². The van der Waals surface area contributed by atoms with E-state index in [-0.39, 0.29) is 6.04 Å². The number of nitrogens with zero attached hydrogens (tertiary/aromatic N) is 2. The molecule has 2 N–H and O–H groups in total. The average molecular weight is 243 g/mol. The summed E-state index contributed by atoms with van der Waals surface area (Å²) in [5.41, 5.74) is 10.2. The fourth-order valence-electron chi connectivity index (χ4n) is 2.13. The van der Waals surface area contributed by atoms with Crippen LogP contribution in [0.15, 0.2) is 30.7 Å². The molecule has 0 saturated heterocycles. The van der Waals surface area contributed by atoms with Crippen molar-refractivity contribution in [2.75, 3.05) is 7.11 Å². The fourth-order valence-corrected chi connectivity index (χ4v) is 2.13. The molecule has 1 unspecified atom stereocenters. The van der Waals surface area contributed by atoms with Crippen LogP contribution >= 0.6 is 0 Å². The van der Waals surface area contributed by atoms with Gasteiger partial charge in [0.15, 0.2) is 0 Å². The Morgan fingerprint density at radius 3 is 2.61 bits per heavy atom. The number of nitrogens with two attached hydrogens (primary N) is 1. The highest BCUT2D eigenvalue weighted by Gasteiger charge is 2.18. The predicted molar refractivity (Wildman–Crippen MR) is 70.5 cm³/mol. The SMILES string of the molecule is COc1cc(C)cc(C)c1C(N)c1cnccn1. The van der Waals surface area contributed by atoms with Gasteiger partial charge in [0, 0.05) is 18.0 Å². The van der Waals surface area contributed by atoms with Gasteiger partial charge in [0.25, 0.3) is 0 Å². The molecule has 18 heavy (non-hydrogen) atoms. The van der Waals surface area contributed by atoms with E-state index in [1.807, 2.05) is 19.9 Å². The van der Waals surface area contributed by atoms with Gasteiger partial charge < -0.3 is 10.5 Å². The summed E-state index contributed by atoms with van der Waals surface area (Å²) in [6.07, 6.45) is 4.96. The van der Waals surface area contributed by atoms with Crippen LogP contribution in [0.4, 0.5) is 0 Å². The molecule has 4 nitrogen and oxygen atoms in total. The lowest BCUT2D eigenvalue weighted by atomic mass is 9.96. The molecule has 0 saturated carbocycles. The molecule has 0 bridgehead atoms. The minimum atomic E-state index is -0.325. The zero-order valence-electron chi connectivity index (χ0n) is 10.8. The number of hydrogen-bond acceptors (Lipinski definition) is 4. The molecule has 0 radical (unpaired) electrons. The van der Waals surface area contributed by atoms with Crippen molar-refractivity contribution in [1.29, 1.82) is 0 Å². The second-order valence-corrected chi connectivity index (χ2v) is 4.31. The van der Waals surface area contributed by atoms with Crippen molar-refractivity contribution in [2.45, 2.75) is 19.9 Å². The largest absolute Gasteiger partial charge is 0.496 e. The first kappa shape index (κ1) is 12.5. The third kappa shape index (κ3) is 2.33. The van der Waals surface area contributed by atoms with Gasteiger partial charge >= 0.3 is 0 Å². The first-order valence-electron chi connectivity index (χ1n) is 5.80. The minimum Gasteiger partial charge on any atom is -0.496 e. The van der Waals surface area contributed by atoms with Crippen LogP contribution in [-0.4, -0.2) is 17.1 Å². The lowest BCUT2D eigenvalue weighted by Crippen LogP contribution is -2.16. The maximum atomic E-state index is 6.26. The summed E-state index contributed by atoms with van der Waals surface area (Å²) in [6.45, 7) is 4.06. The minimum absolute atomic E-state index is 0.325. The van der Waals surface area contributed by atoms with Crippen molar-refractivity contribution in [1.82, 2.24) is 9.97 Å². The Kier molecular flexibility index (Phi) is 3.58. The molecule has 1 aromatic heterocycles. The molecule has 2 aromatic rings. The first-order valence-corrected chi connectivity index (χ1v) is 5.80. The molecule has 1 heterocycles. The molecule has 1 aromatic carbocycles. The highest BCUT2D eigenvalue weighted by atomic mass is 16.5. The Labute approximate surface area is 107 Å². The van der Waals surface area contributed by atoms with Crippen molar-refractivity contribution in [2.24, 2.45) is 5.73 Å². The second-order valence-electron chi connectivity index (χ2n) is 4.31. The number of methoxy groups -OCH3 is 1. The van der Waals surface area contributed by atoms with Gasteiger partial charge in [-0.3, -0.25) is 9.97 Å². The molecule has 0 amide bonds. The molecular formula is C14H17N3O. The molecule has 0 spiro atoms. The van der Waals surface area contributed by atoms with E-state index in [4.69, 9.17) is 10.5 Å². The normalized spacial score (nSPS) is 12.2. The summed E-state index contributed by atoms with van der Waals surface area (Å²) in [4.78, 5) is 8.30. The fraction of sp³-hybridized carbons (Fsp3) is 0.286. The number of ether oxygens (including phenoxy) is 1. The van der Waals surface area contributed by atoms with Crippen LogP contribution < -0.4 is 10.5 Å². The molecule has 2 rings (SSSR count). The van der Waals surface area contributed by atoms with Crippen molar-refractivity contribution >= 4 is 0 Å². The highest BCUT2D eigenvalue weighted by molar-refractivity contribution is 5.47. The lowest BCUT2D eigenvalue weighted by molar-refractivity contribution is 0.406. The summed E-state index contributed by atoms with van der Waals surface area (Å²) in [5.74, 6) is 0.797. The number of aryl methyl sites for hydroxylation is 2. The quantitative estimate of drug-likeness (QED) is 0.897. The van der Waals surface area contributed by atoms with Gasteiger partial charge in [-0.2, -0.15) is 0 Å². The standard InChI is InChI=1S/C14H17N3O/c1-9-6-10(2)13(12(7-9)18-3)14(15)11-8-16-4-5-17-11/h4-8,14H,15H2,1-3H3. The summed E-state index contributed by atoms with van der Waals surface area (Å²) < 4.78 is 5.42. The van der Waals surface area contributed by atoms with Crippen molar-refractivity contribution in [3.05, 3.63) is 53.1 Å². The van der Waals surface area contributed by atoms with Crippen LogP contribution in [-0.2, 0) is 0 Å². The average Bonchev–Trinajstić information content (AvgIpc) is 2.38. The predicted octanol–water partition coefficient (Wildman–Crippen LogP) is 2.15. The highest BCUT2D eigenvalue weighted by Crippen LogP contribution is 2.31. The van der Waals surface area contributed by atoms with Gasteiger partial charge in [0.05, 0.1) is 25.0 Å². The van der Waals surface area contributed by atoms with Crippen molar-refractivity contribution in [3.8, 4) is 5.75 Å². The van der Waals surface area contributed by atoms with Gasteiger partial charge in [-0.25, -0.2) is 0 Å². The number of hydrogen-bond donors (Lipinski definition) is 1. The smallest absolute Gasteiger partial charge is 0.124 e. The van der Waals surface area contributed by atoms with E-state index in [0.29, 0.717) is 0 Å². The molecule has 4 heteroatoms. The van der Waals surface area contributed by atoms with E-state index in [1.165, 1.54) is 0 Å². The molecule has 0 aliphatic carbocycles. The van der Waals surface area contributed by atoms with Gasteiger partial charge in [-0.05, 0) is 31.0 Å². The lowest BCUT2D eigenvalue weighted by Gasteiger charge is -2.18. The van der Waals surface area contributed by atoms with E-state index < -0.39 is 0 Å². The van der Waals surface area contributed by atoms with Crippen molar-refractivity contribution in [3.63, 3.8) is 0 Å². The Hall–Kier alpha value is -1.94. The maximum absolute atomic E-state index is 6.26. The van der Waals surface area contributed by atoms with E-state index in [1.54, 1.807) is 25.7 Å². The first-order chi connectivity index (χ1) is 8.63. The van der Waals surface area contributed by atoms with Gasteiger partial charge in [-0.1, -0.05) is 6.07 Å². The maximum Gasteiger partial charge on any atom is 0.124 e. The number of benzene rings is 1. The van der Waals surface area contributed by atoms with Gasteiger partial charge in [0.1, 0.15) is 5.75 Å². The third-order valence-corrected chi connectivity index (χ3v) is 2.93. The zero-order valence-corrected chi connectivity index (χ0v) is 10.8. The number of aromatic nitrogens is 2. The Bertz CT molecular complexity index is 540. The number of rotatable bonds is 3. The van der Waals surface area contributed by atoms with Crippen LogP contribution in [0.3, 0.4) is 0 Å². The monoisotopic (exact) mass is 243 g/mol. The summed E-state index contributed by atoms with van der Waals surface area (Å²) in [7, 11) is 1.65. The Morgan fingerprint density at radius 1 is 1.22 bits per heavy atom. The Morgan fingerprint density at radius 2 is 2.00 bits per heavy atom. The third-order valence-electron chi connectivity index (χ3n) is 2.93. The summed E-state index contributed by atoms with van der Waals surface area (Å²) >= 11 is 0. The van der Waals surface area contributed by atoms with E-state index in [2.05, 4.69) is 16.0 Å². The second kappa shape index (κ2) is 5.14. The topological polar surface area (TPSA) is 61.0 Å². The molecule has 94 valence electrons. The van der Waals surface area contributed by atoms with Crippen LogP contribution in [0.2, 0.25) is 0 Å². The van der Waals surface area contributed by atoms with Crippen LogP contribution in [0.1, 0.15) is 28.4 Å². The zero-order chi connectivity index (χ0) is 13.1. The van der Waals surface area contributed by atoms with E-state index in [9.17, 15) is 0 Å².